The van der Waals surface area contributed by atoms with Gasteiger partial charge in [-0.1, -0.05) is 43.7 Å². The molecule has 0 aliphatic rings. The highest BCUT2D eigenvalue weighted by Crippen LogP contribution is 2.22. The zero-order valence-electron chi connectivity index (χ0n) is 12.7. The maximum absolute atomic E-state index is 11.6. The fourth-order valence-electron chi connectivity index (χ4n) is 1.74. The number of benzene rings is 1. The van der Waals surface area contributed by atoms with E-state index in [2.05, 4.69) is 48.7 Å². The van der Waals surface area contributed by atoms with Crippen LogP contribution in [0.4, 0.5) is 0 Å². The minimum absolute atomic E-state index is 0. The normalized spacial score (nSPS) is 10.5. The van der Waals surface area contributed by atoms with Crippen molar-refractivity contribution >= 4 is 24.2 Å². The van der Waals surface area contributed by atoms with E-state index in [-0.39, 0.29) is 42.7 Å². The van der Waals surface area contributed by atoms with Gasteiger partial charge in [-0.05, 0) is 12.5 Å². The first kappa shape index (κ1) is 19.4. The number of rotatable bonds is 6. The van der Waals surface area contributed by atoms with Crippen LogP contribution in [0.5, 0.6) is 0 Å². The Balaban J connectivity index is 0.00000400. The van der Waals surface area contributed by atoms with E-state index in [9.17, 15) is 9.59 Å². The molecule has 0 saturated carbocycles. The molecule has 2 amide bonds. The molecule has 0 radical (unpaired) electrons. The number of nitrogens with one attached hydrogen (secondary N) is 2. The third-order valence-corrected chi connectivity index (χ3v) is 3.19. The number of hydrogen-bond donors (Lipinski definition) is 3. The lowest BCUT2D eigenvalue weighted by Crippen LogP contribution is -2.43. The van der Waals surface area contributed by atoms with Crippen molar-refractivity contribution in [3.8, 4) is 0 Å². The largest absolute Gasteiger partial charge is 0.354 e. The lowest BCUT2D eigenvalue weighted by molar-refractivity contribution is -0.125. The second-order valence-corrected chi connectivity index (χ2v) is 5.51. The lowest BCUT2D eigenvalue weighted by Gasteiger charge is -2.26. The standard InChI is InChI=1S/C15H23N3O2.ClH/c1-11-4-6-12(7-5-11)15(2,3)10-18-14(20)9-17-13(19)8-16;/h4-7H,8-10,16H2,1-3H3,(H,17,19)(H,18,20);1H. The van der Waals surface area contributed by atoms with Crippen molar-refractivity contribution in [1.29, 1.82) is 0 Å². The predicted molar refractivity (Wildman–Crippen MR) is 86.5 cm³/mol. The van der Waals surface area contributed by atoms with Crippen molar-refractivity contribution in [3.63, 3.8) is 0 Å². The highest BCUT2D eigenvalue weighted by atomic mass is 35.5. The number of carbonyl (C=O) groups is 2. The van der Waals surface area contributed by atoms with Gasteiger partial charge in [-0.3, -0.25) is 9.59 Å². The number of aryl methyl sites for hydroxylation is 1. The maximum atomic E-state index is 11.6. The minimum Gasteiger partial charge on any atom is -0.354 e. The Kier molecular flexibility index (Phi) is 7.99. The maximum Gasteiger partial charge on any atom is 0.239 e. The second kappa shape index (κ2) is 8.64. The molecule has 0 bridgehead atoms. The van der Waals surface area contributed by atoms with Gasteiger partial charge in [0.05, 0.1) is 13.1 Å². The van der Waals surface area contributed by atoms with Gasteiger partial charge in [0.15, 0.2) is 0 Å². The summed E-state index contributed by atoms with van der Waals surface area (Å²) in [7, 11) is 0. The van der Waals surface area contributed by atoms with Crippen LogP contribution in [0.2, 0.25) is 0 Å². The van der Waals surface area contributed by atoms with Crippen molar-refractivity contribution in [2.75, 3.05) is 19.6 Å². The molecule has 4 N–H and O–H groups in total. The molecule has 1 rings (SSSR count). The van der Waals surface area contributed by atoms with Gasteiger partial charge < -0.3 is 16.4 Å². The average molecular weight is 314 g/mol. The minimum atomic E-state index is -0.335. The van der Waals surface area contributed by atoms with Crippen LogP contribution in [0.1, 0.15) is 25.0 Å². The van der Waals surface area contributed by atoms with Crippen molar-refractivity contribution in [1.82, 2.24) is 10.6 Å². The summed E-state index contributed by atoms with van der Waals surface area (Å²) in [5.41, 5.74) is 7.35. The van der Waals surface area contributed by atoms with Crippen LogP contribution < -0.4 is 16.4 Å². The molecule has 21 heavy (non-hydrogen) atoms. The van der Waals surface area contributed by atoms with E-state index in [4.69, 9.17) is 5.73 Å². The summed E-state index contributed by atoms with van der Waals surface area (Å²) in [6, 6.07) is 8.25. The van der Waals surface area contributed by atoms with E-state index >= 15 is 0 Å². The molecule has 5 nitrogen and oxygen atoms in total. The molecule has 1 aromatic carbocycles. The first-order valence-electron chi connectivity index (χ1n) is 6.66. The van der Waals surface area contributed by atoms with Crippen molar-refractivity contribution in [2.24, 2.45) is 5.73 Å². The molecule has 0 atom stereocenters. The van der Waals surface area contributed by atoms with Gasteiger partial charge in [0.25, 0.3) is 0 Å². The average Bonchev–Trinajstić information content (AvgIpc) is 2.43. The number of carbonyl (C=O) groups excluding carboxylic acids is 2. The Hall–Kier alpha value is -1.59. The topological polar surface area (TPSA) is 84.2 Å². The van der Waals surface area contributed by atoms with Crippen LogP contribution in [0.25, 0.3) is 0 Å². The van der Waals surface area contributed by atoms with Gasteiger partial charge in [0.2, 0.25) is 11.8 Å². The first-order valence-corrected chi connectivity index (χ1v) is 6.66. The summed E-state index contributed by atoms with van der Waals surface area (Å²) in [6.07, 6.45) is 0. The van der Waals surface area contributed by atoms with Crippen LogP contribution in [-0.4, -0.2) is 31.4 Å². The van der Waals surface area contributed by atoms with Crippen LogP contribution in [0.15, 0.2) is 24.3 Å². The Bertz CT molecular complexity index is 472. The van der Waals surface area contributed by atoms with Gasteiger partial charge in [-0.15, -0.1) is 12.4 Å². The predicted octanol–water partition coefficient (Wildman–Crippen LogP) is 0.886. The molecule has 0 heterocycles. The van der Waals surface area contributed by atoms with Gasteiger partial charge in [0.1, 0.15) is 0 Å². The molecule has 0 unspecified atom stereocenters. The van der Waals surface area contributed by atoms with E-state index in [1.54, 1.807) is 0 Å². The van der Waals surface area contributed by atoms with E-state index in [1.165, 1.54) is 5.56 Å². The molecule has 0 aliphatic heterocycles. The summed E-state index contributed by atoms with van der Waals surface area (Å²) in [5, 5.41) is 5.26. The lowest BCUT2D eigenvalue weighted by atomic mass is 9.84. The molecule has 0 aromatic heterocycles. The van der Waals surface area contributed by atoms with E-state index in [0.717, 1.165) is 5.56 Å². The van der Waals surface area contributed by atoms with Crippen LogP contribution in [0.3, 0.4) is 0 Å². The third kappa shape index (κ3) is 6.60. The smallest absolute Gasteiger partial charge is 0.239 e. The molecular weight excluding hydrogens is 290 g/mol. The number of amides is 2. The van der Waals surface area contributed by atoms with Crippen molar-refractivity contribution in [3.05, 3.63) is 35.4 Å². The van der Waals surface area contributed by atoms with Crippen LogP contribution in [-0.2, 0) is 15.0 Å². The Morgan fingerprint density at radius 2 is 1.67 bits per heavy atom. The fourth-order valence-corrected chi connectivity index (χ4v) is 1.74. The van der Waals surface area contributed by atoms with Gasteiger partial charge >= 0.3 is 0 Å². The second-order valence-electron chi connectivity index (χ2n) is 5.51. The summed E-state index contributed by atoms with van der Waals surface area (Å²) in [5.74, 6) is -0.551. The highest BCUT2D eigenvalue weighted by molar-refractivity contribution is 5.85. The summed E-state index contributed by atoms with van der Waals surface area (Å²) >= 11 is 0. The van der Waals surface area contributed by atoms with Crippen LogP contribution >= 0.6 is 12.4 Å². The third-order valence-electron chi connectivity index (χ3n) is 3.19. The Labute approximate surface area is 132 Å². The summed E-state index contributed by atoms with van der Waals surface area (Å²) < 4.78 is 0. The number of hydrogen-bond acceptors (Lipinski definition) is 3. The Morgan fingerprint density at radius 1 is 1.10 bits per heavy atom. The molecule has 0 spiro atoms. The fraction of sp³-hybridized carbons (Fsp3) is 0.467. The highest BCUT2D eigenvalue weighted by Gasteiger charge is 2.21. The Morgan fingerprint density at radius 3 is 2.19 bits per heavy atom. The quantitative estimate of drug-likeness (QED) is 0.729. The zero-order valence-corrected chi connectivity index (χ0v) is 13.5. The molecule has 118 valence electrons. The molecule has 0 aliphatic carbocycles. The summed E-state index contributed by atoms with van der Waals surface area (Å²) in [4.78, 5) is 22.6. The van der Waals surface area contributed by atoms with Gasteiger partial charge in [-0.25, -0.2) is 0 Å². The molecule has 1 aromatic rings. The van der Waals surface area contributed by atoms with Gasteiger partial charge in [-0.2, -0.15) is 0 Å². The SMILES string of the molecule is Cc1ccc(C(C)(C)CNC(=O)CNC(=O)CN)cc1.Cl. The number of halogens is 1. The summed E-state index contributed by atoms with van der Waals surface area (Å²) in [6.45, 7) is 6.53. The molecule has 0 fully saturated rings. The van der Waals surface area contributed by atoms with E-state index in [1.807, 2.05) is 6.92 Å². The molecule has 0 saturated heterocycles. The van der Waals surface area contributed by atoms with Crippen molar-refractivity contribution < 1.29 is 9.59 Å². The molecular formula is C15H24ClN3O2. The monoisotopic (exact) mass is 313 g/mol. The van der Waals surface area contributed by atoms with E-state index < -0.39 is 0 Å². The zero-order chi connectivity index (χ0) is 15.2. The van der Waals surface area contributed by atoms with E-state index in [0.29, 0.717) is 6.54 Å². The van der Waals surface area contributed by atoms with Crippen LogP contribution in [0, 0.1) is 6.92 Å². The molecule has 6 heteroatoms. The first-order chi connectivity index (χ1) is 9.35. The van der Waals surface area contributed by atoms with Gasteiger partial charge in [0, 0.05) is 12.0 Å². The van der Waals surface area contributed by atoms with Crippen molar-refractivity contribution in [2.45, 2.75) is 26.2 Å². The number of nitrogens with two attached hydrogens (primary N) is 1.